The van der Waals surface area contributed by atoms with Gasteiger partial charge in [0.05, 0.1) is 10.0 Å². The van der Waals surface area contributed by atoms with Crippen LogP contribution in [0, 0.1) is 0 Å². The van der Waals surface area contributed by atoms with Gasteiger partial charge in [0, 0.05) is 19.0 Å². The second-order valence-corrected chi connectivity index (χ2v) is 9.06. The third kappa shape index (κ3) is 7.51. The fourth-order valence-electron chi connectivity index (χ4n) is 3.51. The third-order valence-corrected chi connectivity index (χ3v) is 5.88. The number of ether oxygens (including phenoxy) is 1. The van der Waals surface area contributed by atoms with E-state index < -0.39 is 6.04 Å². The predicted octanol–water partition coefficient (Wildman–Crippen LogP) is 5.54. The quantitative estimate of drug-likeness (QED) is 0.399. The Bertz CT molecular complexity index is 1090. The molecular formula is C27H28Cl2N2O3. The van der Waals surface area contributed by atoms with Crippen LogP contribution in [-0.2, 0) is 22.6 Å². The van der Waals surface area contributed by atoms with Crippen LogP contribution < -0.4 is 10.1 Å². The SMILES string of the molecule is CC(C)NC(=O)[C@@H](Cc1ccccc1)N(Cc1ccc(Cl)c(Cl)c1)C(=O)COc1ccccc1. The summed E-state index contributed by atoms with van der Waals surface area (Å²) >= 11 is 12.3. The fourth-order valence-corrected chi connectivity index (χ4v) is 3.83. The number of benzene rings is 3. The van der Waals surface area contributed by atoms with Gasteiger partial charge in [0.1, 0.15) is 11.8 Å². The van der Waals surface area contributed by atoms with E-state index >= 15 is 0 Å². The Morgan fingerprint density at radius 1 is 0.882 bits per heavy atom. The Kier molecular flexibility index (Phi) is 9.37. The number of nitrogens with one attached hydrogen (secondary N) is 1. The molecule has 1 N–H and O–H groups in total. The fraction of sp³-hybridized carbons (Fsp3) is 0.259. The number of carbonyl (C=O) groups is 2. The first-order valence-electron chi connectivity index (χ1n) is 11.1. The second-order valence-electron chi connectivity index (χ2n) is 8.24. The summed E-state index contributed by atoms with van der Waals surface area (Å²) < 4.78 is 5.72. The molecule has 34 heavy (non-hydrogen) atoms. The summed E-state index contributed by atoms with van der Waals surface area (Å²) in [5.74, 6) is 0.0401. The summed E-state index contributed by atoms with van der Waals surface area (Å²) in [6, 6.07) is 23.1. The van der Waals surface area contributed by atoms with Crippen LogP contribution in [0.4, 0.5) is 0 Å². The van der Waals surface area contributed by atoms with E-state index in [0.717, 1.165) is 11.1 Å². The summed E-state index contributed by atoms with van der Waals surface area (Å²) in [5.41, 5.74) is 1.71. The Labute approximate surface area is 210 Å². The molecule has 3 aromatic rings. The highest BCUT2D eigenvalue weighted by Gasteiger charge is 2.31. The molecule has 2 amide bonds. The molecule has 5 nitrogen and oxygen atoms in total. The van der Waals surface area contributed by atoms with Crippen molar-refractivity contribution in [1.29, 1.82) is 0 Å². The standard InChI is InChI=1S/C27H28Cl2N2O3/c1-19(2)30-27(33)25(16-20-9-5-3-6-10-20)31(17-21-13-14-23(28)24(29)15-21)26(32)18-34-22-11-7-4-8-12-22/h3-15,19,25H,16-18H2,1-2H3,(H,30,33)/t25-/m1/s1. The van der Waals surface area contributed by atoms with Crippen LogP contribution in [0.25, 0.3) is 0 Å². The molecule has 0 bridgehead atoms. The Hall–Kier alpha value is -3.02. The molecule has 0 aliphatic carbocycles. The lowest BCUT2D eigenvalue weighted by Gasteiger charge is -2.32. The van der Waals surface area contributed by atoms with E-state index in [1.54, 1.807) is 35.2 Å². The number of halogens is 2. The van der Waals surface area contributed by atoms with Crippen LogP contribution in [-0.4, -0.2) is 35.4 Å². The van der Waals surface area contributed by atoms with Crippen molar-refractivity contribution in [2.24, 2.45) is 0 Å². The van der Waals surface area contributed by atoms with Crippen molar-refractivity contribution in [3.8, 4) is 5.75 Å². The highest BCUT2D eigenvalue weighted by Crippen LogP contribution is 2.24. The topological polar surface area (TPSA) is 58.6 Å². The van der Waals surface area contributed by atoms with Crippen LogP contribution >= 0.6 is 23.2 Å². The van der Waals surface area contributed by atoms with E-state index in [9.17, 15) is 9.59 Å². The van der Waals surface area contributed by atoms with Crippen molar-refractivity contribution < 1.29 is 14.3 Å². The average Bonchev–Trinajstić information content (AvgIpc) is 2.83. The maximum Gasteiger partial charge on any atom is 0.261 e. The van der Waals surface area contributed by atoms with Crippen LogP contribution in [0.3, 0.4) is 0 Å². The van der Waals surface area contributed by atoms with Crippen molar-refractivity contribution in [3.63, 3.8) is 0 Å². The highest BCUT2D eigenvalue weighted by atomic mass is 35.5. The van der Waals surface area contributed by atoms with Crippen molar-refractivity contribution >= 4 is 35.0 Å². The zero-order valence-corrected chi connectivity index (χ0v) is 20.7. The second kappa shape index (κ2) is 12.4. The first kappa shape index (κ1) is 25.6. The molecule has 7 heteroatoms. The van der Waals surface area contributed by atoms with Gasteiger partial charge in [0.15, 0.2) is 6.61 Å². The zero-order chi connectivity index (χ0) is 24.5. The van der Waals surface area contributed by atoms with E-state index in [1.807, 2.05) is 62.4 Å². The lowest BCUT2D eigenvalue weighted by atomic mass is 10.0. The van der Waals surface area contributed by atoms with Crippen LogP contribution in [0.2, 0.25) is 10.0 Å². The summed E-state index contributed by atoms with van der Waals surface area (Å²) in [6.07, 6.45) is 0.359. The van der Waals surface area contributed by atoms with Gasteiger partial charge < -0.3 is 15.0 Å². The molecule has 0 radical (unpaired) electrons. The first-order valence-corrected chi connectivity index (χ1v) is 11.8. The lowest BCUT2D eigenvalue weighted by molar-refractivity contribution is -0.143. The Balaban J connectivity index is 1.92. The molecule has 1 atom stereocenters. The minimum Gasteiger partial charge on any atom is -0.484 e. The summed E-state index contributed by atoms with van der Waals surface area (Å²) in [4.78, 5) is 28.3. The Morgan fingerprint density at radius 2 is 1.53 bits per heavy atom. The molecule has 0 aliphatic heterocycles. The molecule has 0 unspecified atom stereocenters. The monoisotopic (exact) mass is 498 g/mol. The van der Waals surface area contributed by atoms with Gasteiger partial charge in [0.2, 0.25) is 5.91 Å². The van der Waals surface area contributed by atoms with Gasteiger partial charge in [-0.3, -0.25) is 9.59 Å². The molecular weight excluding hydrogens is 471 g/mol. The normalized spacial score (nSPS) is 11.7. The molecule has 178 valence electrons. The van der Waals surface area contributed by atoms with Gasteiger partial charge in [0.25, 0.3) is 5.91 Å². The number of hydrogen-bond donors (Lipinski definition) is 1. The van der Waals surface area contributed by atoms with E-state index in [-0.39, 0.29) is 31.0 Å². The number of carbonyl (C=O) groups excluding carboxylic acids is 2. The predicted molar refractivity (Wildman–Crippen MR) is 136 cm³/mol. The molecule has 0 heterocycles. The van der Waals surface area contributed by atoms with Gasteiger partial charge in [-0.2, -0.15) is 0 Å². The van der Waals surface area contributed by atoms with Crippen LogP contribution in [0.15, 0.2) is 78.9 Å². The van der Waals surface area contributed by atoms with E-state index in [0.29, 0.717) is 22.2 Å². The maximum absolute atomic E-state index is 13.5. The van der Waals surface area contributed by atoms with Gasteiger partial charge in [-0.1, -0.05) is 77.8 Å². The van der Waals surface area contributed by atoms with Gasteiger partial charge >= 0.3 is 0 Å². The van der Waals surface area contributed by atoms with Gasteiger partial charge in [-0.15, -0.1) is 0 Å². The number of rotatable bonds is 10. The number of para-hydroxylation sites is 1. The minimum atomic E-state index is -0.744. The maximum atomic E-state index is 13.5. The molecule has 0 saturated carbocycles. The van der Waals surface area contributed by atoms with Crippen molar-refractivity contribution in [2.75, 3.05) is 6.61 Å². The molecule has 3 rings (SSSR count). The molecule has 0 aromatic heterocycles. The van der Waals surface area contributed by atoms with Crippen molar-refractivity contribution in [1.82, 2.24) is 10.2 Å². The van der Waals surface area contributed by atoms with Crippen molar-refractivity contribution in [2.45, 2.75) is 38.9 Å². The molecule has 0 spiro atoms. The number of hydrogen-bond acceptors (Lipinski definition) is 3. The smallest absolute Gasteiger partial charge is 0.261 e. The van der Waals surface area contributed by atoms with E-state index in [2.05, 4.69) is 5.32 Å². The molecule has 0 fully saturated rings. The summed E-state index contributed by atoms with van der Waals surface area (Å²) in [7, 11) is 0. The van der Waals surface area contributed by atoms with E-state index in [4.69, 9.17) is 27.9 Å². The van der Waals surface area contributed by atoms with Crippen molar-refractivity contribution in [3.05, 3.63) is 100 Å². The molecule has 3 aromatic carbocycles. The molecule has 0 saturated heterocycles. The van der Waals surface area contributed by atoms with E-state index in [1.165, 1.54) is 0 Å². The highest BCUT2D eigenvalue weighted by molar-refractivity contribution is 6.42. The van der Waals surface area contributed by atoms with Gasteiger partial charge in [-0.05, 0) is 49.2 Å². The lowest BCUT2D eigenvalue weighted by Crippen LogP contribution is -2.52. The van der Waals surface area contributed by atoms with Crippen LogP contribution in [0.5, 0.6) is 5.75 Å². The minimum absolute atomic E-state index is 0.0757. The third-order valence-electron chi connectivity index (χ3n) is 5.14. The summed E-state index contributed by atoms with van der Waals surface area (Å²) in [5, 5.41) is 3.77. The number of nitrogens with zero attached hydrogens (tertiary/aromatic N) is 1. The number of amides is 2. The Morgan fingerprint density at radius 3 is 2.15 bits per heavy atom. The molecule has 0 aliphatic rings. The first-order chi connectivity index (χ1) is 16.3. The van der Waals surface area contributed by atoms with Gasteiger partial charge in [-0.25, -0.2) is 0 Å². The zero-order valence-electron chi connectivity index (χ0n) is 19.2. The largest absolute Gasteiger partial charge is 0.484 e. The van der Waals surface area contributed by atoms with Crippen LogP contribution in [0.1, 0.15) is 25.0 Å². The average molecular weight is 499 g/mol. The summed E-state index contributed by atoms with van der Waals surface area (Å²) in [6.45, 7) is 3.75.